The third kappa shape index (κ3) is 5.04. The van der Waals surface area contributed by atoms with E-state index in [0.717, 1.165) is 28.7 Å². The highest BCUT2D eigenvalue weighted by Crippen LogP contribution is 2.36. The Morgan fingerprint density at radius 1 is 1.15 bits per heavy atom. The average Bonchev–Trinajstić information content (AvgIpc) is 3.19. The zero-order valence-corrected chi connectivity index (χ0v) is 19.6. The van der Waals surface area contributed by atoms with Gasteiger partial charge < -0.3 is 30.0 Å². The smallest absolute Gasteiger partial charge is 0.227 e. The number of alkyl halides is 1. The van der Waals surface area contributed by atoms with Gasteiger partial charge in [-0.1, -0.05) is 18.2 Å². The van der Waals surface area contributed by atoms with Crippen molar-refractivity contribution in [3.8, 4) is 22.8 Å². The lowest BCUT2D eigenvalue weighted by atomic mass is 10.1. The minimum atomic E-state index is -0.440. The molecule has 0 radical (unpaired) electrons. The highest BCUT2D eigenvalue weighted by atomic mass is 19.1. The number of nitrogen functional groups attached to an aromatic ring is 1. The van der Waals surface area contributed by atoms with Gasteiger partial charge in [-0.3, -0.25) is 0 Å². The molecule has 3 N–H and O–H groups in total. The number of ether oxygens (including phenoxy) is 2. The molecule has 34 heavy (non-hydrogen) atoms. The molecule has 0 spiro atoms. The third-order valence-corrected chi connectivity index (χ3v) is 5.42. The molecule has 2 aromatic heterocycles. The molecule has 0 saturated heterocycles. The molecule has 0 saturated carbocycles. The highest BCUT2D eigenvalue weighted by molar-refractivity contribution is 5.95. The molecule has 0 atom stereocenters. The van der Waals surface area contributed by atoms with E-state index < -0.39 is 6.67 Å². The average molecular weight is 465 g/mol. The second-order valence-electron chi connectivity index (χ2n) is 8.07. The lowest BCUT2D eigenvalue weighted by Crippen LogP contribution is -2.19. The first kappa shape index (κ1) is 23.3. The Morgan fingerprint density at radius 3 is 2.74 bits per heavy atom. The van der Waals surface area contributed by atoms with Crippen LogP contribution in [0.1, 0.15) is 0 Å². The van der Waals surface area contributed by atoms with E-state index in [1.807, 2.05) is 60.1 Å². The molecular weight excluding hydrogens is 435 g/mol. The lowest BCUT2D eigenvalue weighted by molar-refractivity contribution is 0.261. The molecule has 178 valence electrons. The molecule has 0 fully saturated rings. The van der Waals surface area contributed by atoms with Gasteiger partial charge in [0.15, 0.2) is 0 Å². The van der Waals surface area contributed by atoms with Gasteiger partial charge in [-0.05, 0) is 32.3 Å². The molecule has 0 amide bonds. The number of hydrogen-bond donors (Lipinski definition) is 2. The van der Waals surface area contributed by atoms with Gasteiger partial charge in [0.2, 0.25) is 5.95 Å². The Bertz CT molecular complexity index is 1270. The van der Waals surface area contributed by atoms with Crippen LogP contribution in [0.15, 0.2) is 54.9 Å². The fourth-order valence-corrected chi connectivity index (χ4v) is 3.72. The number of aromatic nitrogens is 3. The van der Waals surface area contributed by atoms with Gasteiger partial charge >= 0.3 is 0 Å². The van der Waals surface area contributed by atoms with Gasteiger partial charge in [0.25, 0.3) is 0 Å². The number of rotatable bonds is 10. The summed E-state index contributed by atoms with van der Waals surface area (Å²) in [5, 5.41) is 4.20. The van der Waals surface area contributed by atoms with Crippen LogP contribution in [0, 0.1) is 0 Å². The van der Waals surface area contributed by atoms with Crippen LogP contribution in [0.3, 0.4) is 0 Å². The number of para-hydroxylation sites is 1. The number of halogens is 1. The van der Waals surface area contributed by atoms with Crippen LogP contribution in [0.25, 0.3) is 22.2 Å². The monoisotopic (exact) mass is 464 g/mol. The van der Waals surface area contributed by atoms with Crippen molar-refractivity contribution in [2.45, 2.75) is 6.54 Å². The molecule has 8 nitrogen and oxygen atoms in total. The van der Waals surface area contributed by atoms with Crippen molar-refractivity contribution < 1.29 is 13.9 Å². The normalized spacial score (nSPS) is 11.2. The molecule has 0 bridgehead atoms. The minimum Gasteiger partial charge on any atom is -0.494 e. The molecule has 2 aromatic carbocycles. The Hall–Kier alpha value is -3.85. The first-order valence-electron chi connectivity index (χ1n) is 11.0. The summed E-state index contributed by atoms with van der Waals surface area (Å²) in [5.74, 6) is 1.50. The fraction of sp³-hybridized carbons (Fsp3) is 0.280. The van der Waals surface area contributed by atoms with Crippen molar-refractivity contribution in [2.24, 2.45) is 0 Å². The van der Waals surface area contributed by atoms with Crippen molar-refractivity contribution in [1.29, 1.82) is 0 Å². The zero-order valence-electron chi connectivity index (χ0n) is 19.6. The van der Waals surface area contributed by atoms with Gasteiger partial charge in [0, 0.05) is 41.5 Å². The number of hydrogen-bond acceptors (Lipinski definition) is 7. The number of likely N-dealkylation sites (N-methyl/N-ethyl adjacent to an activating group) is 1. The summed E-state index contributed by atoms with van der Waals surface area (Å²) in [6, 6.07) is 13.2. The second-order valence-corrected chi connectivity index (χ2v) is 8.07. The molecule has 4 rings (SSSR count). The fourth-order valence-electron chi connectivity index (χ4n) is 3.72. The van der Waals surface area contributed by atoms with E-state index in [0.29, 0.717) is 35.4 Å². The second kappa shape index (κ2) is 10.4. The third-order valence-electron chi connectivity index (χ3n) is 5.42. The summed E-state index contributed by atoms with van der Waals surface area (Å²) in [6.07, 6.45) is 3.61. The van der Waals surface area contributed by atoms with E-state index >= 15 is 0 Å². The Kier molecular flexibility index (Phi) is 7.12. The first-order chi connectivity index (χ1) is 16.5. The molecule has 0 aliphatic heterocycles. The maximum atomic E-state index is 13.1. The number of nitrogens with one attached hydrogen (secondary N) is 1. The van der Waals surface area contributed by atoms with Crippen molar-refractivity contribution in [3.05, 3.63) is 54.9 Å². The molecule has 0 unspecified atom stereocenters. The number of benzene rings is 2. The van der Waals surface area contributed by atoms with E-state index in [9.17, 15) is 4.39 Å². The summed E-state index contributed by atoms with van der Waals surface area (Å²) in [5.41, 5.74) is 9.92. The summed E-state index contributed by atoms with van der Waals surface area (Å²) in [4.78, 5) is 11.1. The van der Waals surface area contributed by atoms with Gasteiger partial charge in [-0.15, -0.1) is 0 Å². The number of anilines is 3. The van der Waals surface area contributed by atoms with E-state index in [1.165, 1.54) is 0 Å². The molecular formula is C25H29FN6O2. The first-order valence-corrected chi connectivity index (χ1v) is 11.0. The Labute approximate surface area is 198 Å². The summed E-state index contributed by atoms with van der Waals surface area (Å²) >= 11 is 0. The van der Waals surface area contributed by atoms with Gasteiger partial charge in [-0.2, -0.15) is 0 Å². The van der Waals surface area contributed by atoms with Crippen LogP contribution in [0.5, 0.6) is 11.5 Å². The van der Waals surface area contributed by atoms with Crippen LogP contribution < -0.4 is 20.5 Å². The minimum absolute atomic E-state index is 0.288. The highest BCUT2D eigenvalue weighted by Gasteiger charge is 2.14. The number of nitrogens with two attached hydrogens (primary N) is 1. The topological polar surface area (TPSA) is 90.5 Å². The molecule has 4 aromatic rings. The Morgan fingerprint density at radius 2 is 1.97 bits per heavy atom. The van der Waals surface area contributed by atoms with Gasteiger partial charge in [0.1, 0.15) is 24.8 Å². The van der Waals surface area contributed by atoms with Crippen LogP contribution >= 0.6 is 0 Å². The molecule has 0 aliphatic rings. The van der Waals surface area contributed by atoms with E-state index in [-0.39, 0.29) is 6.54 Å². The molecule has 2 heterocycles. The number of nitrogens with zero attached hydrogens (tertiary/aromatic N) is 4. The van der Waals surface area contributed by atoms with Crippen molar-refractivity contribution >= 4 is 28.2 Å². The predicted octanol–water partition coefficient (Wildman–Crippen LogP) is 4.34. The predicted molar refractivity (Wildman–Crippen MR) is 134 cm³/mol. The van der Waals surface area contributed by atoms with Crippen LogP contribution in [-0.4, -0.2) is 60.5 Å². The molecule has 0 aliphatic carbocycles. The lowest BCUT2D eigenvalue weighted by Gasteiger charge is -2.16. The van der Waals surface area contributed by atoms with Crippen molar-refractivity contribution in [2.75, 3.05) is 52.1 Å². The van der Waals surface area contributed by atoms with E-state index in [1.54, 1.807) is 25.4 Å². The SMILES string of the molecule is COc1cc(OCCN(C)C)c(N)cc1Nc1nccc(-c2cn(CCF)c3ccccc23)n1. The van der Waals surface area contributed by atoms with Gasteiger partial charge in [0.05, 0.1) is 30.7 Å². The summed E-state index contributed by atoms with van der Waals surface area (Å²) < 4.78 is 26.3. The van der Waals surface area contributed by atoms with Crippen molar-refractivity contribution in [3.63, 3.8) is 0 Å². The van der Waals surface area contributed by atoms with Crippen LogP contribution in [0.2, 0.25) is 0 Å². The van der Waals surface area contributed by atoms with E-state index in [4.69, 9.17) is 20.2 Å². The van der Waals surface area contributed by atoms with Crippen LogP contribution in [0.4, 0.5) is 21.7 Å². The number of methoxy groups -OCH3 is 1. The largest absolute Gasteiger partial charge is 0.494 e. The quantitative estimate of drug-likeness (QED) is 0.337. The maximum Gasteiger partial charge on any atom is 0.227 e. The summed E-state index contributed by atoms with van der Waals surface area (Å²) in [7, 11) is 5.54. The zero-order chi connectivity index (χ0) is 24.1. The van der Waals surface area contributed by atoms with Crippen LogP contribution in [-0.2, 0) is 6.54 Å². The maximum absolute atomic E-state index is 13.1. The van der Waals surface area contributed by atoms with E-state index in [2.05, 4.69) is 10.3 Å². The molecule has 9 heteroatoms. The Balaban J connectivity index is 1.62. The van der Waals surface area contributed by atoms with Gasteiger partial charge in [-0.25, -0.2) is 14.4 Å². The number of fused-ring (bicyclic) bond motifs is 1. The summed E-state index contributed by atoms with van der Waals surface area (Å²) in [6.45, 7) is 1.12. The van der Waals surface area contributed by atoms with Crippen molar-refractivity contribution in [1.82, 2.24) is 19.4 Å². The number of aryl methyl sites for hydroxylation is 1. The standard InChI is InChI=1S/C25H29FN6O2/c1-31(2)12-13-34-23-15-24(33-3)21(14-19(23)27)30-25-28-10-8-20(29-25)18-16-32(11-9-26)22-7-5-4-6-17(18)22/h4-8,10,14-16H,9,11-13,27H2,1-3H3,(H,28,29,30).